The van der Waals surface area contributed by atoms with E-state index in [0.29, 0.717) is 5.56 Å². The zero-order valence-electron chi connectivity index (χ0n) is 11.4. The second-order valence-corrected chi connectivity index (χ2v) is 4.27. The molecule has 0 bridgehead atoms. The number of aromatic nitrogens is 2. The summed E-state index contributed by atoms with van der Waals surface area (Å²) >= 11 is 0. The number of hydrogen-bond donors (Lipinski definition) is 3. The van der Waals surface area contributed by atoms with E-state index in [2.05, 4.69) is 14.7 Å². The molecule has 0 atom stereocenters. The molecule has 0 spiro atoms. The zero-order valence-corrected chi connectivity index (χ0v) is 11.4. The van der Waals surface area contributed by atoms with E-state index < -0.39 is 23.3 Å². The lowest BCUT2D eigenvalue weighted by Gasteiger charge is -2.06. The molecule has 0 unspecified atom stereocenters. The number of benzene rings is 1. The van der Waals surface area contributed by atoms with Crippen molar-refractivity contribution in [2.75, 3.05) is 7.11 Å². The molecule has 0 radical (unpaired) electrons. The Kier molecular flexibility index (Phi) is 4.16. The molecule has 114 valence electrons. The summed E-state index contributed by atoms with van der Waals surface area (Å²) in [6.07, 6.45) is 0.132. The van der Waals surface area contributed by atoms with Gasteiger partial charge in [-0.1, -0.05) is 12.1 Å². The van der Waals surface area contributed by atoms with Crippen LogP contribution in [0.1, 0.15) is 21.7 Å². The summed E-state index contributed by atoms with van der Waals surface area (Å²) in [6, 6.07) is 5.85. The largest absolute Gasteiger partial charge is 0.492 e. The first-order valence-corrected chi connectivity index (χ1v) is 6.04. The van der Waals surface area contributed by atoms with E-state index in [9.17, 15) is 19.9 Å². The number of nitrogens with zero attached hydrogens (tertiary/aromatic N) is 3. The summed E-state index contributed by atoms with van der Waals surface area (Å²) in [6.45, 7) is 0. The summed E-state index contributed by atoms with van der Waals surface area (Å²) in [5.41, 5.74) is 0.204. The van der Waals surface area contributed by atoms with Crippen molar-refractivity contribution in [3.8, 4) is 11.8 Å². The van der Waals surface area contributed by atoms with E-state index in [1.165, 1.54) is 12.1 Å². The molecule has 0 aliphatic heterocycles. The first-order chi connectivity index (χ1) is 10.4. The molecule has 0 fully saturated rings. The van der Waals surface area contributed by atoms with Crippen molar-refractivity contribution >= 4 is 11.7 Å². The second-order valence-electron chi connectivity index (χ2n) is 4.27. The van der Waals surface area contributed by atoms with E-state index in [-0.39, 0.29) is 22.9 Å². The fraction of sp³-hybridized carbons (Fsp3) is 0.154. The number of ether oxygens (including phenoxy) is 1. The third-order valence-electron chi connectivity index (χ3n) is 2.83. The van der Waals surface area contributed by atoms with Gasteiger partial charge in [-0.15, -0.1) is 0 Å². The highest BCUT2D eigenvalue weighted by Crippen LogP contribution is 2.24. The van der Waals surface area contributed by atoms with E-state index >= 15 is 0 Å². The third-order valence-corrected chi connectivity index (χ3v) is 2.83. The molecule has 2 rings (SSSR count). The van der Waals surface area contributed by atoms with Gasteiger partial charge in [0.15, 0.2) is 5.56 Å². The predicted octanol–water partition coefficient (Wildman–Crippen LogP) is 1.06. The first-order valence-electron chi connectivity index (χ1n) is 6.04. The van der Waals surface area contributed by atoms with Crippen molar-refractivity contribution in [3.05, 3.63) is 46.1 Å². The maximum atomic E-state index is 11.3. The van der Waals surface area contributed by atoms with Gasteiger partial charge < -0.3 is 14.9 Å². The van der Waals surface area contributed by atoms with E-state index in [1.807, 2.05) is 0 Å². The molecule has 0 amide bonds. The van der Waals surface area contributed by atoms with Crippen molar-refractivity contribution in [1.29, 1.82) is 0 Å². The van der Waals surface area contributed by atoms with Crippen LogP contribution in [-0.2, 0) is 11.2 Å². The summed E-state index contributed by atoms with van der Waals surface area (Å²) < 4.78 is 4.39. The highest BCUT2D eigenvalue weighted by atomic mass is 16.6. The van der Waals surface area contributed by atoms with Gasteiger partial charge in [0, 0.05) is 18.6 Å². The van der Waals surface area contributed by atoms with Crippen molar-refractivity contribution < 1.29 is 29.9 Å². The van der Waals surface area contributed by atoms with Crippen LogP contribution in [0.25, 0.3) is 0 Å². The minimum absolute atomic E-state index is 0.0522. The molecular weight excluding hydrogens is 294 g/mol. The van der Waals surface area contributed by atoms with Gasteiger partial charge in [-0.05, 0) is 5.56 Å². The van der Waals surface area contributed by atoms with Crippen LogP contribution in [0.4, 0.5) is 5.69 Å². The summed E-state index contributed by atoms with van der Waals surface area (Å²) in [5.74, 6) is -2.26. The SMILES string of the molecule is COC(=O)c1c(O)nc(Cc2ccc([N+](=O)O)cc2)nc1O. The lowest BCUT2D eigenvalue weighted by atomic mass is 10.1. The number of esters is 1. The Bertz CT molecular complexity index is 706. The molecular formula is C13H12N3O6+. The van der Waals surface area contributed by atoms with E-state index in [0.717, 1.165) is 7.11 Å². The van der Waals surface area contributed by atoms with Gasteiger partial charge in [-0.25, -0.2) is 10.0 Å². The van der Waals surface area contributed by atoms with E-state index in [1.54, 1.807) is 12.1 Å². The number of carbonyl (C=O) groups excluding carboxylic acids is 1. The van der Waals surface area contributed by atoms with Gasteiger partial charge in [0.25, 0.3) is 4.92 Å². The minimum atomic E-state index is -0.954. The zero-order chi connectivity index (χ0) is 16.3. The normalized spacial score (nSPS) is 10.2. The maximum absolute atomic E-state index is 11.3. The minimum Gasteiger partial charge on any atom is -0.492 e. The summed E-state index contributed by atoms with van der Waals surface area (Å²) in [4.78, 5) is 29.2. The second kappa shape index (κ2) is 6.04. The Morgan fingerprint density at radius 2 is 1.73 bits per heavy atom. The molecule has 0 saturated carbocycles. The Balaban J connectivity index is 2.27. The molecule has 0 aliphatic rings. The predicted molar refractivity (Wildman–Crippen MR) is 71.0 cm³/mol. The van der Waals surface area contributed by atoms with Crippen LogP contribution >= 0.6 is 0 Å². The monoisotopic (exact) mass is 306 g/mol. The Hall–Kier alpha value is -3.23. The van der Waals surface area contributed by atoms with Crippen molar-refractivity contribution in [2.45, 2.75) is 6.42 Å². The van der Waals surface area contributed by atoms with Crippen LogP contribution in [0.5, 0.6) is 11.8 Å². The van der Waals surface area contributed by atoms with Gasteiger partial charge in [-0.2, -0.15) is 9.97 Å². The molecule has 3 N–H and O–H groups in total. The van der Waals surface area contributed by atoms with Crippen LogP contribution in [0, 0.1) is 4.91 Å². The lowest BCUT2D eigenvalue weighted by Crippen LogP contribution is -2.07. The standard InChI is InChI=1S/C13H11N3O6/c1-22-13(19)10-11(17)14-9(15-12(10)18)6-7-2-4-8(5-3-7)16(20)21/h2-5H,6H2,1H3,(H2-,14,15,17,18,19,20,21)/p+1. The number of rotatable bonds is 4. The van der Waals surface area contributed by atoms with Gasteiger partial charge in [0.05, 0.1) is 12.0 Å². The van der Waals surface area contributed by atoms with E-state index in [4.69, 9.17) is 5.21 Å². The van der Waals surface area contributed by atoms with Gasteiger partial charge in [0.2, 0.25) is 11.8 Å². The fourth-order valence-corrected chi connectivity index (χ4v) is 1.77. The van der Waals surface area contributed by atoms with Crippen LogP contribution in [0.3, 0.4) is 0 Å². The molecule has 1 aromatic carbocycles. The Morgan fingerprint density at radius 1 is 1.18 bits per heavy atom. The molecule has 1 heterocycles. The fourth-order valence-electron chi connectivity index (χ4n) is 1.77. The summed E-state index contributed by atoms with van der Waals surface area (Å²) in [5, 5.41) is 28.1. The molecule has 1 aromatic heterocycles. The molecule has 0 aliphatic carbocycles. The van der Waals surface area contributed by atoms with Crippen LogP contribution < -0.4 is 0 Å². The molecule has 9 heteroatoms. The van der Waals surface area contributed by atoms with Gasteiger partial charge >= 0.3 is 11.7 Å². The molecule has 2 aromatic rings. The topological polar surface area (TPSA) is 133 Å². The van der Waals surface area contributed by atoms with Crippen LogP contribution in [0.15, 0.2) is 24.3 Å². The molecule has 9 nitrogen and oxygen atoms in total. The summed E-state index contributed by atoms with van der Waals surface area (Å²) in [7, 11) is 1.09. The average molecular weight is 306 g/mol. The van der Waals surface area contributed by atoms with Gasteiger partial charge in [0.1, 0.15) is 5.82 Å². The van der Waals surface area contributed by atoms with Crippen molar-refractivity contribution in [1.82, 2.24) is 9.97 Å². The van der Waals surface area contributed by atoms with Crippen LogP contribution in [0.2, 0.25) is 0 Å². The van der Waals surface area contributed by atoms with Crippen molar-refractivity contribution in [2.24, 2.45) is 0 Å². The number of aromatic hydroxyl groups is 2. The number of methoxy groups -OCH3 is 1. The number of carbonyl (C=O) groups is 1. The average Bonchev–Trinajstić information content (AvgIpc) is 2.46. The van der Waals surface area contributed by atoms with Crippen LogP contribution in [-0.4, -0.2) is 43.4 Å². The molecule has 22 heavy (non-hydrogen) atoms. The molecule has 0 saturated heterocycles. The number of hydrogen-bond acceptors (Lipinski definition) is 7. The third kappa shape index (κ3) is 3.08. The lowest BCUT2D eigenvalue weighted by molar-refractivity contribution is -0.729. The highest BCUT2D eigenvalue weighted by Gasteiger charge is 2.21. The first kappa shape index (κ1) is 15.2. The smallest absolute Gasteiger partial charge is 0.348 e. The highest BCUT2D eigenvalue weighted by molar-refractivity contribution is 5.93. The maximum Gasteiger partial charge on any atom is 0.348 e. The Labute approximate surface area is 124 Å². The Morgan fingerprint density at radius 3 is 2.18 bits per heavy atom. The van der Waals surface area contributed by atoms with Gasteiger partial charge in [-0.3, -0.25) is 0 Å². The van der Waals surface area contributed by atoms with Crippen molar-refractivity contribution in [3.63, 3.8) is 0 Å². The quantitative estimate of drug-likeness (QED) is 0.564.